The van der Waals surface area contributed by atoms with Gasteiger partial charge in [-0.2, -0.15) is 0 Å². The van der Waals surface area contributed by atoms with E-state index in [1.807, 2.05) is 44.2 Å². The summed E-state index contributed by atoms with van der Waals surface area (Å²) in [4.78, 5) is 61.8. The highest BCUT2D eigenvalue weighted by molar-refractivity contribution is 6.35. The molecule has 16 nitrogen and oxygen atoms in total. The molecule has 8 aromatic carbocycles. The number of carbonyl (C=O) groups excluding carboxylic acids is 4. The molecule has 4 amide bonds. The monoisotopic (exact) mass is 1210 g/mol. The smallest absolute Gasteiger partial charge is 0.253 e. The van der Waals surface area contributed by atoms with E-state index in [0.717, 1.165) is 109 Å². The molecule has 0 radical (unpaired) electrons. The fourth-order valence-corrected chi connectivity index (χ4v) is 17.3. The number of fused-ring (bicyclic) bond motifs is 26. The number of likely N-dealkylation sites (N-methyl/N-ethyl adjacent to an activating group) is 2. The SMILES string of the molecule is CO[C@@H]1[C@H](N(C)C(=O)c2ccc(F)cc2)C[C@H]2O[C@]1(C)n1c3ccccc3c3c4c(c5c6ccc(-c7ccc8c9c%10c(c%11c%12cc(Cl)ccc%12n%12c%11c9n(c8c7)[C@@]7(C)O[C@@H]%12C[C@@H](N(C)C(=O)c8ccc(F)cc8)[C@H]7OC)C(=O)NC%10)cc6n2c5c31)C(=O)NC4. The summed E-state index contributed by atoms with van der Waals surface area (Å²) in [6, 6.07) is 36.5. The molecule has 18 rings (SSSR count). The Balaban J connectivity index is 0.898. The van der Waals surface area contributed by atoms with Crippen molar-refractivity contribution in [2.45, 2.75) is 88.0 Å². The number of amides is 4. The number of halogens is 3. The number of nitrogens with one attached hydrogen (secondary N) is 2. The number of nitrogens with zero attached hydrogens (tertiary/aromatic N) is 6. The first-order chi connectivity index (χ1) is 43.0. The zero-order valence-electron chi connectivity index (χ0n) is 49.0. The maximum atomic E-state index is 14.7. The topological polar surface area (TPSA) is 155 Å². The van der Waals surface area contributed by atoms with E-state index in [-0.39, 0.29) is 36.6 Å². The third-order valence-electron chi connectivity index (χ3n) is 20.8. The molecule has 89 heavy (non-hydrogen) atoms. The number of rotatable bonds is 7. The Kier molecular flexibility index (Phi) is 10.7. The van der Waals surface area contributed by atoms with Crippen LogP contribution in [0, 0.1) is 11.6 Å². The number of ether oxygens (including phenoxy) is 4. The number of carbonyl (C=O) groups is 4. The van der Waals surface area contributed by atoms with Gasteiger partial charge in [0.25, 0.3) is 23.6 Å². The third-order valence-corrected chi connectivity index (χ3v) is 21.0. The molecule has 0 saturated carbocycles. The normalized spacial score (nSPS) is 24.0. The van der Waals surface area contributed by atoms with Gasteiger partial charge in [0.15, 0.2) is 11.4 Å². The van der Waals surface area contributed by atoms with E-state index in [0.29, 0.717) is 40.2 Å². The fourth-order valence-electron chi connectivity index (χ4n) is 17.2. The van der Waals surface area contributed by atoms with E-state index in [9.17, 15) is 28.0 Å². The van der Waals surface area contributed by atoms with Crippen molar-refractivity contribution in [2.75, 3.05) is 28.3 Å². The quantitative estimate of drug-likeness (QED) is 0.160. The summed E-state index contributed by atoms with van der Waals surface area (Å²) < 4.78 is 66.0. The maximum Gasteiger partial charge on any atom is 0.253 e. The highest BCUT2D eigenvalue weighted by Gasteiger charge is 2.57. The Hall–Kier alpha value is -9.17. The average Bonchev–Trinajstić information content (AvgIpc) is 1.51. The largest absolute Gasteiger partial charge is 0.374 e. The number of methoxy groups -OCH3 is 2. The summed E-state index contributed by atoms with van der Waals surface area (Å²) in [5, 5.41) is 13.7. The minimum absolute atomic E-state index is 0.169. The summed E-state index contributed by atoms with van der Waals surface area (Å²) in [7, 11) is 6.79. The first kappa shape index (κ1) is 52.9. The van der Waals surface area contributed by atoms with Crippen molar-refractivity contribution in [1.29, 1.82) is 0 Å². The third kappa shape index (κ3) is 6.63. The molecule has 0 unspecified atom stereocenters. The summed E-state index contributed by atoms with van der Waals surface area (Å²) in [5.41, 5.74) is 9.26. The van der Waals surface area contributed by atoms with Crippen LogP contribution in [0.1, 0.15) is 91.7 Å². The van der Waals surface area contributed by atoms with E-state index in [2.05, 4.69) is 77.4 Å². The Labute approximate surface area is 510 Å². The summed E-state index contributed by atoms with van der Waals surface area (Å²) in [6.07, 6.45) is -2.36. The lowest BCUT2D eigenvalue weighted by Crippen LogP contribution is -2.61. The molecule has 0 aliphatic carbocycles. The van der Waals surface area contributed by atoms with E-state index in [1.165, 1.54) is 48.5 Å². The summed E-state index contributed by atoms with van der Waals surface area (Å²) >= 11 is 6.87. The number of hydrogen-bond donors (Lipinski definition) is 2. The molecule has 2 saturated heterocycles. The zero-order chi connectivity index (χ0) is 60.7. The molecule has 444 valence electrons. The fraction of sp³-hybridized carbons (Fsp3) is 0.257. The van der Waals surface area contributed by atoms with Gasteiger partial charge in [0.05, 0.1) is 67.3 Å². The molecule has 6 aliphatic heterocycles. The molecule has 4 bridgehead atoms. The minimum Gasteiger partial charge on any atom is -0.374 e. The first-order valence-corrected chi connectivity index (χ1v) is 30.3. The number of hydrogen-bond acceptors (Lipinski definition) is 8. The van der Waals surface area contributed by atoms with Crippen molar-refractivity contribution in [3.8, 4) is 11.1 Å². The molecular formula is C70H55ClF2N8O8. The molecule has 10 heterocycles. The number of benzene rings is 8. The average molecular weight is 1210 g/mol. The standard InChI is InChI=1S/C70H55ClF2N8O8/c1-69-63(86-5)50(77(4)68(85)33-13-20-38(73)21-14-33)29-52(89-69)79-47-25-34(15-22-40(47)55-57-43(30-74-65(57)82)53-39-9-7-8-10-46(39)80(69)61(53)59(55)79)35-16-23-41-48(26-35)81-62-54(41)44-31-75-66(83)58(44)56-42-27-36(71)17-24-45(42)78(60(56)62)51-28-49(64(87-6)70(81,2)88-51)76(3)67(84)32-11-18-37(72)19-12-32/h7-27,49-52,63-64H,28-31H2,1-6H3,(H,74,82)(H,75,83)/t49-,50-,51-,52-,63-,64-,69+,70+/m1/s1. The van der Waals surface area contributed by atoms with Gasteiger partial charge in [-0.15, -0.1) is 0 Å². The lowest BCUT2D eigenvalue weighted by molar-refractivity contribution is -0.264. The van der Waals surface area contributed by atoms with Crippen LogP contribution in [-0.2, 0) is 43.5 Å². The van der Waals surface area contributed by atoms with Gasteiger partial charge in [-0.05, 0) is 121 Å². The molecule has 19 heteroatoms. The Morgan fingerprint density at radius 1 is 0.551 bits per heavy atom. The Bertz CT molecular complexity index is 5280. The van der Waals surface area contributed by atoms with Crippen molar-refractivity contribution in [1.82, 2.24) is 38.7 Å². The number of aromatic nitrogens is 4. The summed E-state index contributed by atoms with van der Waals surface area (Å²) in [5.74, 6) is -1.88. The summed E-state index contributed by atoms with van der Waals surface area (Å²) in [6.45, 7) is 4.64. The number of para-hydroxylation sites is 1. The minimum atomic E-state index is -1.34. The van der Waals surface area contributed by atoms with Crippen LogP contribution in [-0.4, -0.2) is 104 Å². The van der Waals surface area contributed by atoms with Crippen LogP contribution in [0.3, 0.4) is 0 Å². The molecule has 2 N–H and O–H groups in total. The van der Waals surface area contributed by atoms with Crippen LogP contribution < -0.4 is 10.6 Å². The van der Waals surface area contributed by atoms with Crippen LogP contribution >= 0.6 is 11.6 Å². The molecule has 12 aromatic rings. The maximum absolute atomic E-state index is 14.7. The van der Waals surface area contributed by atoms with Gasteiger partial charge in [0, 0.05) is 113 Å². The predicted molar refractivity (Wildman–Crippen MR) is 334 cm³/mol. The molecule has 0 spiro atoms. The second-order valence-corrected chi connectivity index (χ2v) is 25.5. The van der Waals surface area contributed by atoms with Gasteiger partial charge < -0.3 is 57.6 Å². The van der Waals surface area contributed by atoms with Gasteiger partial charge in [0.2, 0.25) is 0 Å². The van der Waals surface area contributed by atoms with Crippen molar-refractivity contribution in [2.24, 2.45) is 0 Å². The highest BCUT2D eigenvalue weighted by atomic mass is 35.5. The molecule has 2 fully saturated rings. The van der Waals surface area contributed by atoms with Gasteiger partial charge >= 0.3 is 0 Å². The predicted octanol–water partition coefficient (Wildman–Crippen LogP) is 12.7. The van der Waals surface area contributed by atoms with Crippen molar-refractivity contribution in [3.63, 3.8) is 0 Å². The first-order valence-electron chi connectivity index (χ1n) is 29.9. The lowest BCUT2D eigenvalue weighted by atomic mass is 9.91. The van der Waals surface area contributed by atoms with Gasteiger partial charge in [-0.3, -0.25) is 19.2 Å². The zero-order valence-corrected chi connectivity index (χ0v) is 49.8. The van der Waals surface area contributed by atoms with Gasteiger partial charge in [-0.1, -0.05) is 54.1 Å². The van der Waals surface area contributed by atoms with Crippen LogP contribution in [0.5, 0.6) is 0 Å². The van der Waals surface area contributed by atoms with Crippen LogP contribution in [0.25, 0.3) is 98.4 Å². The van der Waals surface area contributed by atoms with Crippen molar-refractivity contribution < 1.29 is 46.9 Å². The van der Waals surface area contributed by atoms with Crippen molar-refractivity contribution in [3.05, 3.63) is 177 Å². The van der Waals surface area contributed by atoms with E-state index < -0.39 is 59.8 Å². The molecule has 8 atom stereocenters. The van der Waals surface area contributed by atoms with E-state index in [1.54, 1.807) is 38.1 Å². The second-order valence-electron chi connectivity index (χ2n) is 25.0. The Morgan fingerprint density at radius 3 is 1.54 bits per heavy atom. The highest BCUT2D eigenvalue weighted by Crippen LogP contribution is 2.58. The van der Waals surface area contributed by atoms with E-state index in [4.69, 9.17) is 30.5 Å². The lowest BCUT2D eigenvalue weighted by Gasteiger charge is -2.50. The van der Waals surface area contributed by atoms with Crippen molar-refractivity contribution >= 4 is 122 Å². The van der Waals surface area contributed by atoms with Crippen LogP contribution in [0.2, 0.25) is 5.02 Å². The van der Waals surface area contributed by atoms with E-state index >= 15 is 0 Å². The van der Waals surface area contributed by atoms with Crippen LogP contribution in [0.15, 0.2) is 127 Å². The molecular weight excluding hydrogens is 1150 g/mol. The molecule has 6 aliphatic rings. The van der Waals surface area contributed by atoms with Crippen LogP contribution in [0.4, 0.5) is 8.78 Å². The molecule has 4 aromatic heterocycles. The second kappa shape index (κ2) is 18.0. The Morgan fingerprint density at radius 2 is 1.01 bits per heavy atom. The van der Waals surface area contributed by atoms with Gasteiger partial charge in [0.1, 0.15) is 36.3 Å². The van der Waals surface area contributed by atoms with Gasteiger partial charge in [-0.25, -0.2) is 8.78 Å².